The maximum absolute atomic E-state index is 12.4. The molecule has 1 atom stereocenters. The minimum Gasteiger partial charge on any atom is -0.469 e. The van der Waals surface area contributed by atoms with Gasteiger partial charge in [-0.15, -0.1) is 15.3 Å². The number of nitrogens with zero attached hydrogens (tertiary/aromatic N) is 5. The minimum atomic E-state index is -0.0237. The Hall–Kier alpha value is -3.43. The first kappa shape index (κ1) is 22.8. The number of hydrogen-bond donors (Lipinski definition) is 2. The van der Waals surface area contributed by atoms with Crippen molar-refractivity contribution in [1.82, 2.24) is 30.0 Å². The van der Waals surface area contributed by atoms with Crippen molar-refractivity contribution < 1.29 is 14.0 Å². The number of furan rings is 1. The van der Waals surface area contributed by atoms with E-state index in [1.807, 2.05) is 36.1 Å². The predicted molar refractivity (Wildman–Crippen MR) is 123 cm³/mol. The zero-order chi connectivity index (χ0) is 23.0. The molecule has 0 radical (unpaired) electrons. The van der Waals surface area contributed by atoms with Crippen LogP contribution in [0.3, 0.4) is 0 Å². The summed E-state index contributed by atoms with van der Waals surface area (Å²) in [5.41, 5.74) is 0.644. The van der Waals surface area contributed by atoms with Gasteiger partial charge in [-0.3, -0.25) is 9.59 Å². The van der Waals surface area contributed by atoms with Crippen molar-refractivity contribution >= 4 is 23.3 Å². The Bertz CT molecular complexity index is 1060. The number of nitrogens with one attached hydrogen (secondary N) is 2. The molecular weight excluding hydrogens is 422 g/mol. The van der Waals surface area contributed by atoms with E-state index in [2.05, 4.69) is 25.9 Å². The molecule has 33 heavy (non-hydrogen) atoms. The fourth-order valence-corrected chi connectivity index (χ4v) is 3.97. The van der Waals surface area contributed by atoms with Crippen LogP contribution in [0.1, 0.15) is 50.6 Å². The summed E-state index contributed by atoms with van der Waals surface area (Å²) in [6.07, 6.45) is 6.52. The molecule has 0 unspecified atom stereocenters. The van der Waals surface area contributed by atoms with Gasteiger partial charge < -0.3 is 20.0 Å². The van der Waals surface area contributed by atoms with Crippen LogP contribution in [0.2, 0.25) is 0 Å². The molecule has 1 saturated heterocycles. The van der Waals surface area contributed by atoms with E-state index in [0.717, 1.165) is 51.1 Å². The molecule has 2 amide bonds. The van der Waals surface area contributed by atoms with Crippen LogP contribution in [0.25, 0.3) is 5.65 Å². The highest BCUT2D eigenvalue weighted by Gasteiger charge is 2.19. The SMILES string of the molecule is C[C@@H](CCc1ccco1)NC(=O)CCc1nnc2ccc(NCCCN3CCCC3=O)nn12. The molecule has 0 aromatic carbocycles. The van der Waals surface area contributed by atoms with E-state index < -0.39 is 0 Å². The molecule has 0 saturated carbocycles. The smallest absolute Gasteiger partial charge is 0.222 e. The van der Waals surface area contributed by atoms with Gasteiger partial charge in [-0.05, 0) is 50.5 Å². The zero-order valence-electron chi connectivity index (χ0n) is 19.0. The highest BCUT2D eigenvalue weighted by Crippen LogP contribution is 2.11. The van der Waals surface area contributed by atoms with Crippen molar-refractivity contribution in [2.75, 3.05) is 25.0 Å². The topological polar surface area (TPSA) is 118 Å². The van der Waals surface area contributed by atoms with Crippen LogP contribution in [0.5, 0.6) is 0 Å². The molecule has 0 spiro atoms. The highest BCUT2D eigenvalue weighted by molar-refractivity contribution is 5.78. The molecule has 3 aromatic rings. The summed E-state index contributed by atoms with van der Waals surface area (Å²) in [7, 11) is 0. The van der Waals surface area contributed by atoms with Crippen molar-refractivity contribution in [3.63, 3.8) is 0 Å². The second-order valence-corrected chi connectivity index (χ2v) is 8.46. The van der Waals surface area contributed by atoms with Gasteiger partial charge in [-0.2, -0.15) is 4.52 Å². The van der Waals surface area contributed by atoms with E-state index in [-0.39, 0.29) is 17.9 Å². The average Bonchev–Trinajstić information content (AvgIpc) is 3.55. The summed E-state index contributed by atoms with van der Waals surface area (Å²) in [5, 5.41) is 19.2. The van der Waals surface area contributed by atoms with Crippen molar-refractivity contribution in [1.29, 1.82) is 0 Å². The number of amides is 2. The summed E-state index contributed by atoms with van der Waals surface area (Å²) < 4.78 is 7.02. The van der Waals surface area contributed by atoms with Crippen molar-refractivity contribution in [2.45, 2.75) is 57.9 Å². The highest BCUT2D eigenvalue weighted by atomic mass is 16.3. The first-order chi connectivity index (χ1) is 16.1. The molecule has 176 valence electrons. The van der Waals surface area contributed by atoms with Gasteiger partial charge in [0.2, 0.25) is 11.8 Å². The molecule has 1 aliphatic rings. The molecule has 0 aliphatic carbocycles. The van der Waals surface area contributed by atoms with Gasteiger partial charge in [0.1, 0.15) is 11.6 Å². The third-order valence-corrected chi connectivity index (χ3v) is 5.80. The van der Waals surface area contributed by atoms with Crippen LogP contribution in [0.4, 0.5) is 5.82 Å². The van der Waals surface area contributed by atoms with Gasteiger partial charge >= 0.3 is 0 Å². The van der Waals surface area contributed by atoms with Crippen LogP contribution in [0, 0.1) is 0 Å². The van der Waals surface area contributed by atoms with Gasteiger partial charge in [-0.25, -0.2) is 0 Å². The maximum atomic E-state index is 12.4. The third-order valence-electron chi connectivity index (χ3n) is 5.80. The lowest BCUT2D eigenvalue weighted by atomic mass is 10.1. The number of anilines is 1. The van der Waals surface area contributed by atoms with Crippen LogP contribution in [-0.2, 0) is 22.4 Å². The van der Waals surface area contributed by atoms with E-state index in [4.69, 9.17) is 4.42 Å². The van der Waals surface area contributed by atoms with Gasteiger partial charge in [0.25, 0.3) is 0 Å². The standard InChI is InChI=1S/C23H31N7O3/c1-17(7-8-18-5-3-16-33-18)25-22(31)12-11-21-27-26-20-10-9-19(28-30(20)21)24-13-4-15-29-14-2-6-23(29)32/h3,5,9-10,16-17H,2,4,6-8,11-15H2,1H3,(H,24,28)(H,25,31)/t17-/m0/s1. The summed E-state index contributed by atoms with van der Waals surface area (Å²) in [4.78, 5) is 26.0. The predicted octanol–water partition coefficient (Wildman–Crippen LogP) is 2.21. The fourth-order valence-electron chi connectivity index (χ4n) is 3.97. The fraction of sp³-hybridized carbons (Fsp3) is 0.522. The number of hydrogen-bond acceptors (Lipinski definition) is 7. The Morgan fingerprint density at radius 1 is 1.24 bits per heavy atom. The van der Waals surface area contributed by atoms with E-state index in [9.17, 15) is 9.59 Å². The van der Waals surface area contributed by atoms with Crippen LogP contribution >= 0.6 is 0 Å². The number of aromatic nitrogens is 4. The van der Waals surface area contributed by atoms with Crippen LogP contribution in [-0.4, -0.2) is 62.2 Å². The van der Waals surface area contributed by atoms with E-state index in [0.29, 0.717) is 36.6 Å². The lowest BCUT2D eigenvalue weighted by molar-refractivity contribution is -0.127. The zero-order valence-corrected chi connectivity index (χ0v) is 19.0. The molecule has 0 bridgehead atoms. The minimum absolute atomic E-state index is 0.0237. The lowest BCUT2D eigenvalue weighted by Gasteiger charge is -2.15. The molecule has 1 aliphatic heterocycles. The van der Waals surface area contributed by atoms with E-state index in [1.54, 1.807) is 10.8 Å². The van der Waals surface area contributed by atoms with E-state index >= 15 is 0 Å². The maximum Gasteiger partial charge on any atom is 0.222 e. The number of carbonyl (C=O) groups excluding carboxylic acids is 2. The summed E-state index contributed by atoms with van der Waals surface area (Å²) in [6, 6.07) is 7.58. The molecule has 3 aromatic heterocycles. The Labute approximate surface area is 192 Å². The first-order valence-electron chi connectivity index (χ1n) is 11.6. The van der Waals surface area contributed by atoms with Gasteiger partial charge in [0.15, 0.2) is 11.5 Å². The van der Waals surface area contributed by atoms with Gasteiger partial charge in [0.05, 0.1) is 6.26 Å². The van der Waals surface area contributed by atoms with Gasteiger partial charge in [-0.1, -0.05) is 0 Å². The third kappa shape index (κ3) is 6.30. The van der Waals surface area contributed by atoms with Crippen molar-refractivity contribution in [3.05, 3.63) is 42.1 Å². The molecule has 10 heteroatoms. The molecule has 2 N–H and O–H groups in total. The monoisotopic (exact) mass is 453 g/mol. The average molecular weight is 454 g/mol. The quantitative estimate of drug-likeness (QED) is 0.404. The largest absolute Gasteiger partial charge is 0.469 e. The Morgan fingerprint density at radius 3 is 2.94 bits per heavy atom. The molecule has 4 heterocycles. The van der Waals surface area contributed by atoms with Crippen molar-refractivity contribution in [2.24, 2.45) is 0 Å². The Balaban J connectivity index is 1.22. The first-order valence-corrected chi connectivity index (χ1v) is 11.6. The second kappa shape index (κ2) is 10.9. The number of rotatable bonds is 12. The Kier molecular flexibility index (Phi) is 7.54. The number of aryl methyl sites for hydroxylation is 2. The summed E-state index contributed by atoms with van der Waals surface area (Å²) in [5.74, 6) is 2.51. The number of carbonyl (C=O) groups is 2. The normalized spacial score (nSPS) is 14.7. The summed E-state index contributed by atoms with van der Waals surface area (Å²) >= 11 is 0. The Morgan fingerprint density at radius 2 is 2.15 bits per heavy atom. The molecular formula is C23H31N7O3. The second-order valence-electron chi connectivity index (χ2n) is 8.46. The van der Waals surface area contributed by atoms with Gasteiger partial charge in [0, 0.05) is 51.4 Å². The number of likely N-dealkylation sites (tertiary alicyclic amines) is 1. The van der Waals surface area contributed by atoms with Crippen LogP contribution < -0.4 is 10.6 Å². The molecule has 1 fully saturated rings. The van der Waals surface area contributed by atoms with Crippen LogP contribution in [0.15, 0.2) is 34.9 Å². The van der Waals surface area contributed by atoms with E-state index in [1.165, 1.54) is 0 Å². The van der Waals surface area contributed by atoms with Crippen molar-refractivity contribution in [3.8, 4) is 0 Å². The summed E-state index contributed by atoms with van der Waals surface area (Å²) in [6.45, 7) is 4.34. The molecule has 10 nitrogen and oxygen atoms in total. The lowest BCUT2D eigenvalue weighted by Crippen LogP contribution is -2.33. The number of fused-ring (bicyclic) bond motifs is 1. The molecule has 4 rings (SSSR count).